The van der Waals surface area contributed by atoms with Crippen LogP contribution in [0.1, 0.15) is 12.1 Å². The molecule has 0 bridgehead atoms. The fourth-order valence-corrected chi connectivity index (χ4v) is 0.926. The molecule has 0 saturated heterocycles. The van der Waals surface area contributed by atoms with Crippen LogP contribution in [0.3, 0.4) is 0 Å². The molecule has 7 heteroatoms. The van der Waals surface area contributed by atoms with E-state index in [-0.39, 0.29) is 24.6 Å². The summed E-state index contributed by atoms with van der Waals surface area (Å²) in [5.41, 5.74) is 4.38. The number of primary amides is 1. The van der Waals surface area contributed by atoms with Crippen LogP contribution in [0.15, 0.2) is 17.1 Å². The number of ether oxygens (including phenoxy) is 1. The number of nitrogens with two attached hydrogens (primary N) is 1. The first kappa shape index (κ1) is 11.8. The maximum atomic E-state index is 11.0. The van der Waals surface area contributed by atoms with Gasteiger partial charge in [-0.05, 0) is 0 Å². The van der Waals surface area contributed by atoms with Gasteiger partial charge in [-0.1, -0.05) is 0 Å². The normalized spacial score (nSPS) is 9.75. The van der Waals surface area contributed by atoms with Crippen molar-refractivity contribution in [2.75, 3.05) is 6.61 Å². The molecule has 0 atom stereocenters. The Hall–Kier alpha value is -2.31. The maximum Gasteiger partial charge on any atom is 0.230 e. The molecule has 1 aromatic heterocycles. The number of hydrogen-bond acceptors (Lipinski definition) is 5. The smallest absolute Gasteiger partial charge is 0.230 e. The average molecular weight is 225 g/mol. The van der Waals surface area contributed by atoms with Gasteiger partial charge in [-0.3, -0.25) is 15.0 Å². The van der Waals surface area contributed by atoms with E-state index in [0.29, 0.717) is 0 Å². The Labute approximate surface area is 90.4 Å². The Balaban J connectivity index is 2.63. The first-order chi connectivity index (χ1) is 7.50. The second-order valence-corrected chi connectivity index (χ2v) is 2.99. The fourth-order valence-electron chi connectivity index (χ4n) is 0.926. The van der Waals surface area contributed by atoms with Crippen molar-refractivity contribution in [1.29, 1.82) is 5.41 Å². The second-order valence-electron chi connectivity index (χ2n) is 2.99. The topological polar surface area (TPSA) is 129 Å². The third kappa shape index (κ3) is 3.12. The summed E-state index contributed by atoms with van der Waals surface area (Å²) in [6.07, 6.45) is 1.05. The van der Waals surface area contributed by atoms with E-state index in [1.165, 1.54) is 0 Å². The first-order valence-electron chi connectivity index (χ1n) is 4.42. The molecule has 0 aliphatic heterocycles. The SMILES string of the molecule is N=C(OCCC(N)=O)c1cc(=O)c(O)c[nH]1. The van der Waals surface area contributed by atoms with Gasteiger partial charge in [-0.25, -0.2) is 0 Å². The van der Waals surface area contributed by atoms with Gasteiger partial charge in [0, 0.05) is 12.3 Å². The molecule has 0 aliphatic rings. The van der Waals surface area contributed by atoms with Crippen LogP contribution in [0.4, 0.5) is 0 Å². The number of nitrogens with one attached hydrogen (secondary N) is 2. The van der Waals surface area contributed by atoms with Gasteiger partial charge in [0.15, 0.2) is 5.75 Å². The minimum absolute atomic E-state index is 0.00923. The summed E-state index contributed by atoms with van der Waals surface area (Å²) >= 11 is 0. The van der Waals surface area contributed by atoms with Crippen LogP contribution in [-0.4, -0.2) is 28.5 Å². The summed E-state index contributed by atoms with van der Waals surface area (Å²) in [5.74, 6) is -1.26. The van der Waals surface area contributed by atoms with E-state index in [0.717, 1.165) is 12.3 Å². The first-order valence-corrected chi connectivity index (χ1v) is 4.42. The Kier molecular flexibility index (Phi) is 3.65. The highest BCUT2D eigenvalue weighted by Crippen LogP contribution is 2.00. The van der Waals surface area contributed by atoms with Crippen molar-refractivity contribution in [2.24, 2.45) is 5.73 Å². The van der Waals surface area contributed by atoms with Crippen molar-refractivity contribution >= 4 is 11.8 Å². The lowest BCUT2D eigenvalue weighted by atomic mass is 10.3. The van der Waals surface area contributed by atoms with E-state index in [4.69, 9.17) is 21.0 Å². The van der Waals surface area contributed by atoms with Gasteiger partial charge < -0.3 is 20.6 Å². The highest BCUT2D eigenvalue weighted by atomic mass is 16.5. The van der Waals surface area contributed by atoms with E-state index in [2.05, 4.69) is 4.98 Å². The van der Waals surface area contributed by atoms with Crippen LogP contribution < -0.4 is 11.2 Å². The van der Waals surface area contributed by atoms with E-state index >= 15 is 0 Å². The Morgan fingerprint density at radius 2 is 2.31 bits per heavy atom. The number of rotatable bonds is 4. The minimum Gasteiger partial charge on any atom is -0.503 e. The molecule has 0 fully saturated rings. The molecule has 16 heavy (non-hydrogen) atoms. The zero-order valence-corrected chi connectivity index (χ0v) is 8.32. The van der Waals surface area contributed by atoms with Crippen LogP contribution in [0.2, 0.25) is 0 Å². The number of pyridine rings is 1. The number of amides is 1. The molecule has 0 aliphatic carbocycles. The fraction of sp³-hybridized carbons (Fsp3) is 0.222. The summed E-state index contributed by atoms with van der Waals surface area (Å²) in [6, 6.07) is 1.03. The molecule has 0 spiro atoms. The number of aromatic amines is 1. The summed E-state index contributed by atoms with van der Waals surface area (Å²) in [6.45, 7) is -0.0307. The zero-order chi connectivity index (χ0) is 12.1. The van der Waals surface area contributed by atoms with Crippen molar-refractivity contribution < 1.29 is 14.6 Å². The van der Waals surface area contributed by atoms with Crippen LogP contribution >= 0.6 is 0 Å². The predicted octanol–water partition coefficient (Wildman–Crippen LogP) is -0.702. The van der Waals surface area contributed by atoms with Crippen LogP contribution in [0, 0.1) is 5.41 Å². The van der Waals surface area contributed by atoms with Crippen molar-refractivity contribution in [1.82, 2.24) is 4.98 Å². The number of H-pyrrole nitrogens is 1. The molecule has 1 heterocycles. The number of aromatic nitrogens is 1. The van der Waals surface area contributed by atoms with Gasteiger partial charge >= 0.3 is 0 Å². The quantitative estimate of drug-likeness (QED) is 0.398. The molecule has 0 saturated carbocycles. The lowest BCUT2D eigenvalue weighted by Crippen LogP contribution is -2.17. The van der Waals surface area contributed by atoms with Crippen LogP contribution in [0.5, 0.6) is 5.75 Å². The molecule has 86 valence electrons. The van der Waals surface area contributed by atoms with Gasteiger partial charge in [0.1, 0.15) is 5.69 Å². The average Bonchev–Trinajstić information content (AvgIpc) is 2.21. The van der Waals surface area contributed by atoms with Gasteiger partial charge in [0.25, 0.3) is 0 Å². The molecule has 1 amide bonds. The van der Waals surface area contributed by atoms with Gasteiger partial charge in [0.05, 0.1) is 13.0 Å². The van der Waals surface area contributed by atoms with Crippen molar-refractivity contribution in [3.8, 4) is 5.75 Å². The monoisotopic (exact) mass is 225 g/mol. The molecule has 1 rings (SSSR count). The number of hydrogen-bond donors (Lipinski definition) is 4. The third-order valence-corrected chi connectivity index (χ3v) is 1.73. The minimum atomic E-state index is -0.614. The van der Waals surface area contributed by atoms with Crippen molar-refractivity contribution in [3.05, 3.63) is 28.2 Å². The van der Waals surface area contributed by atoms with E-state index in [1.54, 1.807) is 0 Å². The Bertz CT molecular complexity index is 466. The van der Waals surface area contributed by atoms with E-state index in [1.807, 2.05) is 0 Å². The second kappa shape index (κ2) is 4.96. The molecule has 1 aromatic rings. The summed E-state index contributed by atoms with van der Waals surface area (Å²) in [5, 5.41) is 16.4. The lowest BCUT2D eigenvalue weighted by Gasteiger charge is -2.05. The molecule has 0 aromatic carbocycles. The molecular formula is C9H11N3O4. The standard InChI is InChI=1S/C9H11N3O4/c10-8(15)1-2-16-9(11)5-3-6(13)7(14)4-12-5/h3-4,11,14H,1-2H2,(H2,10,15)(H,12,13). The molecular weight excluding hydrogens is 214 g/mol. The molecule has 5 N–H and O–H groups in total. The molecule has 0 unspecified atom stereocenters. The van der Waals surface area contributed by atoms with E-state index < -0.39 is 17.1 Å². The Morgan fingerprint density at radius 1 is 1.62 bits per heavy atom. The summed E-state index contributed by atoms with van der Waals surface area (Å²) < 4.78 is 4.86. The van der Waals surface area contributed by atoms with Gasteiger partial charge in [-0.15, -0.1) is 0 Å². The lowest BCUT2D eigenvalue weighted by molar-refractivity contribution is -0.118. The number of carbonyl (C=O) groups excluding carboxylic acids is 1. The number of carbonyl (C=O) groups is 1. The van der Waals surface area contributed by atoms with Crippen LogP contribution in [-0.2, 0) is 9.53 Å². The summed E-state index contributed by atoms with van der Waals surface area (Å²) in [4.78, 5) is 23.9. The van der Waals surface area contributed by atoms with E-state index in [9.17, 15) is 9.59 Å². The van der Waals surface area contributed by atoms with Crippen molar-refractivity contribution in [2.45, 2.75) is 6.42 Å². The van der Waals surface area contributed by atoms with Gasteiger partial charge in [-0.2, -0.15) is 0 Å². The predicted molar refractivity (Wildman–Crippen MR) is 55.3 cm³/mol. The Morgan fingerprint density at radius 3 is 2.88 bits per heavy atom. The highest BCUT2D eigenvalue weighted by molar-refractivity contribution is 5.89. The van der Waals surface area contributed by atoms with Gasteiger partial charge in [0.2, 0.25) is 17.2 Å². The zero-order valence-electron chi connectivity index (χ0n) is 8.32. The highest BCUT2D eigenvalue weighted by Gasteiger charge is 2.06. The summed E-state index contributed by atoms with van der Waals surface area (Å²) in [7, 11) is 0. The maximum absolute atomic E-state index is 11.0. The molecule has 7 nitrogen and oxygen atoms in total. The number of aromatic hydroxyl groups is 1. The third-order valence-electron chi connectivity index (χ3n) is 1.73. The van der Waals surface area contributed by atoms with Crippen molar-refractivity contribution in [3.63, 3.8) is 0 Å². The van der Waals surface area contributed by atoms with Crippen LogP contribution in [0.25, 0.3) is 0 Å². The largest absolute Gasteiger partial charge is 0.503 e. The molecule has 0 radical (unpaired) electrons.